The van der Waals surface area contributed by atoms with Crippen LogP contribution in [0.3, 0.4) is 0 Å². The van der Waals surface area contributed by atoms with Gasteiger partial charge in [-0.3, -0.25) is 4.79 Å². The lowest BCUT2D eigenvalue weighted by Crippen LogP contribution is -2.14. The van der Waals surface area contributed by atoms with Crippen LogP contribution in [0.15, 0.2) is 11.6 Å². The van der Waals surface area contributed by atoms with Crippen LogP contribution in [-0.4, -0.2) is 5.78 Å². The third-order valence-corrected chi connectivity index (χ3v) is 4.38. The minimum atomic E-state index is 0.378. The highest BCUT2D eigenvalue weighted by Crippen LogP contribution is 2.32. The van der Waals surface area contributed by atoms with E-state index in [0.29, 0.717) is 5.78 Å². The smallest absolute Gasteiger partial charge is 0.155 e. The van der Waals surface area contributed by atoms with Gasteiger partial charge in [-0.25, -0.2) is 0 Å². The van der Waals surface area contributed by atoms with Crippen molar-refractivity contribution < 1.29 is 4.79 Å². The molecule has 0 aromatic heterocycles. The first kappa shape index (κ1) is 12.9. The summed E-state index contributed by atoms with van der Waals surface area (Å²) in [6, 6.07) is 0. The molecule has 1 saturated carbocycles. The van der Waals surface area contributed by atoms with Crippen molar-refractivity contribution in [1.29, 1.82) is 0 Å². The molecular weight excluding hydrogens is 208 g/mol. The van der Waals surface area contributed by atoms with Gasteiger partial charge in [-0.2, -0.15) is 0 Å². The molecule has 1 nitrogen and oxygen atoms in total. The van der Waals surface area contributed by atoms with E-state index < -0.39 is 0 Å². The highest BCUT2D eigenvalue weighted by molar-refractivity contribution is 5.91. The van der Waals surface area contributed by atoms with Gasteiger partial charge < -0.3 is 0 Å². The zero-order valence-electron chi connectivity index (χ0n) is 11.0. The summed E-state index contributed by atoms with van der Waals surface area (Å²) in [5.74, 6) is 1.12. The SMILES string of the molecule is O=C1C=C2CCCCCCCCCC[C@H]2CC1. The normalized spacial score (nSPS) is 28.6. The van der Waals surface area contributed by atoms with Crippen LogP contribution in [0, 0.1) is 5.92 Å². The molecule has 0 aromatic carbocycles. The first-order valence-corrected chi connectivity index (χ1v) is 7.59. The van der Waals surface area contributed by atoms with Gasteiger partial charge in [0.2, 0.25) is 0 Å². The van der Waals surface area contributed by atoms with E-state index in [9.17, 15) is 4.79 Å². The van der Waals surface area contributed by atoms with Gasteiger partial charge in [-0.1, -0.05) is 50.5 Å². The molecule has 1 heteroatoms. The molecule has 0 saturated heterocycles. The number of ketones is 1. The van der Waals surface area contributed by atoms with E-state index >= 15 is 0 Å². The lowest BCUT2D eigenvalue weighted by Gasteiger charge is -2.24. The van der Waals surface area contributed by atoms with E-state index in [1.54, 1.807) is 0 Å². The second kappa shape index (κ2) is 6.98. The number of carbonyl (C=O) groups is 1. The molecule has 2 aliphatic carbocycles. The largest absolute Gasteiger partial charge is 0.295 e. The Bertz CT molecular complexity index is 277. The predicted molar refractivity (Wildman–Crippen MR) is 72.0 cm³/mol. The fourth-order valence-corrected chi connectivity index (χ4v) is 3.29. The molecule has 0 amide bonds. The minimum absolute atomic E-state index is 0.378. The van der Waals surface area contributed by atoms with Crippen LogP contribution in [0.5, 0.6) is 0 Å². The van der Waals surface area contributed by atoms with Crippen LogP contribution in [0.25, 0.3) is 0 Å². The first-order chi connectivity index (χ1) is 8.36. The van der Waals surface area contributed by atoms with Crippen molar-refractivity contribution in [3.8, 4) is 0 Å². The molecule has 0 heterocycles. The van der Waals surface area contributed by atoms with Gasteiger partial charge in [0.1, 0.15) is 0 Å². The average Bonchev–Trinajstić information content (AvgIpc) is 2.31. The van der Waals surface area contributed by atoms with Crippen LogP contribution in [-0.2, 0) is 4.79 Å². The third kappa shape index (κ3) is 4.29. The van der Waals surface area contributed by atoms with E-state index in [1.165, 1.54) is 69.8 Å². The van der Waals surface area contributed by atoms with Crippen molar-refractivity contribution in [3.63, 3.8) is 0 Å². The summed E-state index contributed by atoms with van der Waals surface area (Å²) < 4.78 is 0. The Hall–Kier alpha value is -0.590. The first-order valence-electron chi connectivity index (χ1n) is 7.59. The number of allylic oxidation sites excluding steroid dienone is 2. The summed E-state index contributed by atoms with van der Waals surface area (Å²) in [5, 5.41) is 0. The van der Waals surface area contributed by atoms with Crippen molar-refractivity contribution in [1.82, 2.24) is 0 Å². The standard InChI is InChI=1S/C16H26O/c17-16-12-11-14-9-7-5-3-1-2-4-6-8-10-15(14)13-16/h13-14H,1-12H2/t14-/m0/s1. The minimum Gasteiger partial charge on any atom is -0.295 e. The number of carbonyl (C=O) groups excluding carboxylic acids is 1. The molecule has 0 radical (unpaired) electrons. The number of hydrogen-bond acceptors (Lipinski definition) is 1. The van der Waals surface area contributed by atoms with Gasteiger partial charge >= 0.3 is 0 Å². The van der Waals surface area contributed by atoms with Crippen molar-refractivity contribution in [3.05, 3.63) is 11.6 Å². The summed E-state index contributed by atoms with van der Waals surface area (Å²) in [6.07, 6.45) is 17.5. The summed E-state index contributed by atoms with van der Waals surface area (Å²) in [5.41, 5.74) is 1.49. The van der Waals surface area contributed by atoms with E-state index in [-0.39, 0.29) is 0 Å². The average molecular weight is 234 g/mol. The van der Waals surface area contributed by atoms with Crippen molar-refractivity contribution >= 4 is 5.78 Å². The van der Waals surface area contributed by atoms with E-state index in [4.69, 9.17) is 0 Å². The van der Waals surface area contributed by atoms with Gasteiger partial charge in [0.25, 0.3) is 0 Å². The Morgan fingerprint density at radius 2 is 1.41 bits per heavy atom. The van der Waals surface area contributed by atoms with Crippen LogP contribution >= 0.6 is 0 Å². The second-order valence-electron chi connectivity index (χ2n) is 5.79. The van der Waals surface area contributed by atoms with Crippen molar-refractivity contribution in [2.45, 2.75) is 77.0 Å². The molecule has 0 unspecified atom stereocenters. The van der Waals surface area contributed by atoms with Crippen LogP contribution in [0.1, 0.15) is 77.0 Å². The van der Waals surface area contributed by atoms with Crippen LogP contribution in [0.2, 0.25) is 0 Å². The molecule has 17 heavy (non-hydrogen) atoms. The van der Waals surface area contributed by atoms with Crippen molar-refractivity contribution in [2.24, 2.45) is 5.92 Å². The lowest BCUT2D eigenvalue weighted by molar-refractivity contribution is -0.115. The Balaban J connectivity index is 1.93. The second-order valence-corrected chi connectivity index (χ2v) is 5.79. The van der Waals surface area contributed by atoms with E-state index in [2.05, 4.69) is 0 Å². The summed E-state index contributed by atoms with van der Waals surface area (Å²) in [6.45, 7) is 0. The van der Waals surface area contributed by atoms with Gasteiger partial charge in [-0.15, -0.1) is 0 Å². The molecule has 0 aromatic rings. The topological polar surface area (TPSA) is 17.1 Å². The number of rotatable bonds is 0. The number of hydrogen-bond donors (Lipinski definition) is 0. The fourth-order valence-electron chi connectivity index (χ4n) is 3.29. The van der Waals surface area contributed by atoms with Crippen LogP contribution < -0.4 is 0 Å². The Kier molecular flexibility index (Phi) is 5.28. The third-order valence-electron chi connectivity index (χ3n) is 4.38. The molecule has 0 bridgehead atoms. The number of fused-ring (bicyclic) bond motifs is 1. The van der Waals surface area contributed by atoms with Crippen molar-refractivity contribution in [2.75, 3.05) is 0 Å². The summed E-state index contributed by atoms with van der Waals surface area (Å²) >= 11 is 0. The zero-order valence-corrected chi connectivity index (χ0v) is 11.0. The zero-order chi connectivity index (χ0) is 11.9. The van der Waals surface area contributed by atoms with Gasteiger partial charge in [-0.05, 0) is 37.7 Å². The lowest BCUT2D eigenvalue weighted by atomic mass is 9.81. The van der Waals surface area contributed by atoms with Gasteiger partial charge in [0.15, 0.2) is 5.78 Å². The Morgan fingerprint density at radius 3 is 2.18 bits per heavy atom. The Morgan fingerprint density at radius 1 is 0.765 bits per heavy atom. The van der Waals surface area contributed by atoms with Crippen LogP contribution in [0.4, 0.5) is 0 Å². The molecule has 0 N–H and O–H groups in total. The van der Waals surface area contributed by atoms with Gasteiger partial charge in [0.05, 0.1) is 0 Å². The molecule has 2 aliphatic rings. The highest BCUT2D eigenvalue weighted by Gasteiger charge is 2.20. The molecule has 0 aliphatic heterocycles. The van der Waals surface area contributed by atoms with E-state index in [1.807, 2.05) is 6.08 Å². The summed E-state index contributed by atoms with van der Waals surface area (Å²) in [4.78, 5) is 11.5. The highest BCUT2D eigenvalue weighted by atomic mass is 16.1. The summed E-state index contributed by atoms with van der Waals surface area (Å²) in [7, 11) is 0. The molecular formula is C16H26O. The van der Waals surface area contributed by atoms with E-state index in [0.717, 1.165) is 18.8 Å². The quantitative estimate of drug-likeness (QED) is 0.588. The maximum Gasteiger partial charge on any atom is 0.155 e. The van der Waals surface area contributed by atoms with Gasteiger partial charge in [0, 0.05) is 6.42 Å². The molecule has 0 spiro atoms. The Labute approximate surface area is 106 Å². The monoisotopic (exact) mass is 234 g/mol. The molecule has 96 valence electrons. The molecule has 1 fully saturated rings. The predicted octanol–water partition coefficient (Wildman–Crippen LogP) is 4.81. The molecule has 1 atom stereocenters. The maximum absolute atomic E-state index is 11.5. The molecule has 2 rings (SSSR count). The maximum atomic E-state index is 11.5. The fraction of sp³-hybridized carbons (Fsp3) is 0.812.